The van der Waals surface area contributed by atoms with Gasteiger partial charge in [-0.1, -0.05) is 74.9 Å². The van der Waals surface area contributed by atoms with Crippen LogP contribution in [0, 0.1) is 5.92 Å². The van der Waals surface area contributed by atoms with Crippen molar-refractivity contribution < 1.29 is 32.6 Å². The number of anilines is 1. The van der Waals surface area contributed by atoms with E-state index in [1.54, 1.807) is 12.1 Å². The van der Waals surface area contributed by atoms with E-state index in [4.69, 9.17) is 11.6 Å². The summed E-state index contributed by atoms with van der Waals surface area (Å²) < 4.78 is 45.2. The molecule has 2 unspecified atom stereocenters. The number of aryl methyl sites for hydroxylation is 1. The predicted molar refractivity (Wildman–Crippen MR) is 194 cm³/mol. The number of amides is 1. The van der Waals surface area contributed by atoms with Gasteiger partial charge in [-0.2, -0.15) is 0 Å². The Kier molecular flexibility index (Phi) is 13.2. The van der Waals surface area contributed by atoms with Crippen molar-refractivity contribution in [1.82, 2.24) is 14.3 Å². The van der Waals surface area contributed by atoms with Crippen LogP contribution in [0.4, 0.5) is 5.69 Å². The van der Waals surface area contributed by atoms with Crippen molar-refractivity contribution in [2.75, 3.05) is 17.6 Å². The molecule has 2 heterocycles. The molecule has 0 bridgehead atoms. The van der Waals surface area contributed by atoms with Crippen LogP contribution in [-0.2, 0) is 37.1 Å². The van der Waals surface area contributed by atoms with E-state index in [1.807, 2.05) is 24.3 Å². The fourth-order valence-corrected chi connectivity index (χ4v) is 11.1. The zero-order valence-corrected chi connectivity index (χ0v) is 31.2. The molecule has 0 spiro atoms. The molecule has 270 valence electrons. The Bertz CT molecular complexity index is 1650. The second-order valence-corrected chi connectivity index (χ2v) is 19.0. The van der Waals surface area contributed by atoms with Crippen molar-refractivity contribution in [3.63, 3.8) is 0 Å². The number of carboxylic acid groups (broad SMARTS) is 1. The normalized spacial score (nSPS) is 23.3. The summed E-state index contributed by atoms with van der Waals surface area (Å²) in [5.41, 5.74) is 2.68. The van der Waals surface area contributed by atoms with E-state index in [-0.39, 0.29) is 40.8 Å². The smallest absolute Gasteiger partial charge is 0.326 e. The maximum absolute atomic E-state index is 13.2. The van der Waals surface area contributed by atoms with Crippen LogP contribution in [0.2, 0.25) is 5.02 Å². The molecular formula is C34H48ClN4O7PS2. The number of nitrogens with zero attached hydrogens (tertiary/aromatic N) is 1. The van der Waals surface area contributed by atoms with Gasteiger partial charge in [0.15, 0.2) is 0 Å². The highest BCUT2D eigenvalue weighted by atomic mass is 35.5. The Morgan fingerprint density at radius 2 is 1.82 bits per heavy atom. The van der Waals surface area contributed by atoms with Crippen LogP contribution in [0.15, 0.2) is 46.2 Å². The summed E-state index contributed by atoms with van der Waals surface area (Å²) in [7, 11) is -7.60. The van der Waals surface area contributed by atoms with Gasteiger partial charge in [-0.25, -0.2) is 22.7 Å². The molecule has 5 N–H and O–H groups in total. The van der Waals surface area contributed by atoms with E-state index < -0.39 is 41.5 Å². The minimum absolute atomic E-state index is 0.0247. The number of likely N-dealkylation sites (tertiary alicyclic amines) is 1. The summed E-state index contributed by atoms with van der Waals surface area (Å²) in [6.45, 7) is 2.24. The Labute approximate surface area is 299 Å². The van der Waals surface area contributed by atoms with Crippen LogP contribution in [0.25, 0.3) is 0 Å². The Morgan fingerprint density at radius 1 is 1.08 bits per heavy atom. The number of carboxylic acids is 1. The Morgan fingerprint density at radius 3 is 2.55 bits per heavy atom. The lowest BCUT2D eigenvalue weighted by molar-refractivity contribution is -0.148. The molecule has 15 heteroatoms. The molecule has 11 nitrogen and oxygen atoms in total. The molecule has 1 amide bonds. The highest BCUT2D eigenvalue weighted by Gasteiger charge is 2.48. The first-order valence-corrected chi connectivity index (χ1v) is 22.0. The number of carbonyl (C=O) groups excluding carboxylic acids is 1. The summed E-state index contributed by atoms with van der Waals surface area (Å²) in [6, 6.07) is 9.85. The van der Waals surface area contributed by atoms with Gasteiger partial charge in [0, 0.05) is 23.6 Å². The van der Waals surface area contributed by atoms with Crippen LogP contribution in [0.1, 0.15) is 88.7 Å². The van der Waals surface area contributed by atoms with Gasteiger partial charge in [0.05, 0.1) is 16.9 Å². The number of nitrogens with one attached hydrogen (secondary N) is 3. The Hall–Kier alpha value is -2.12. The molecule has 0 radical (unpaired) electrons. The monoisotopic (exact) mass is 754 g/mol. The third kappa shape index (κ3) is 10.0. The molecule has 49 heavy (non-hydrogen) atoms. The molecule has 1 aliphatic carbocycles. The third-order valence-corrected chi connectivity index (χ3v) is 14.4. The summed E-state index contributed by atoms with van der Waals surface area (Å²) >= 11 is 7.83. The van der Waals surface area contributed by atoms with Gasteiger partial charge < -0.3 is 20.2 Å². The molecule has 3 aliphatic rings. The molecule has 1 saturated heterocycles. The first-order chi connectivity index (χ1) is 23.4. The Balaban J connectivity index is 1.04. The van der Waals surface area contributed by atoms with E-state index in [0.717, 1.165) is 79.5 Å². The van der Waals surface area contributed by atoms with Crippen molar-refractivity contribution in [3.05, 3.63) is 52.5 Å². The van der Waals surface area contributed by atoms with E-state index in [9.17, 15) is 32.6 Å². The minimum Gasteiger partial charge on any atom is -0.480 e. The average Bonchev–Trinajstić information content (AvgIpc) is 3.47. The lowest BCUT2D eigenvalue weighted by Gasteiger charge is -2.33. The number of hydrogen-bond donors (Lipinski definition) is 5. The topological polar surface area (TPSA) is 165 Å². The molecule has 0 aromatic heterocycles. The first-order valence-electron chi connectivity index (χ1n) is 17.3. The number of aliphatic carboxylic acids is 1. The lowest BCUT2D eigenvalue weighted by atomic mass is 9.85. The molecule has 2 aromatic rings. The van der Waals surface area contributed by atoms with Gasteiger partial charge in [0.1, 0.15) is 17.1 Å². The van der Waals surface area contributed by atoms with Crippen LogP contribution >= 0.6 is 30.9 Å². The van der Waals surface area contributed by atoms with Crippen molar-refractivity contribution in [2.24, 2.45) is 5.92 Å². The second kappa shape index (κ2) is 16.9. The quantitative estimate of drug-likeness (QED) is 0.0718. The molecule has 2 fully saturated rings. The van der Waals surface area contributed by atoms with Gasteiger partial charge in [0.25, 0.3) is 0 Å². The molecule has 1 saturated carbocycles. The standard InChI is InChI=1S/C34H48ClN4O7PS2/c1-2-3-12-32-37-27-19-26(35)31(20-30(27)48-38-32)49(45,46)36-21-24-15-13-23(14-16-24)9-5-4-8-17-47(43,44)22-33(40)39-28-11-7-6-10-25(28)18-29(39)34(41)42/h13-16,19-20,25,28-29,32,36-38H,2-12,17-18,21-22H2,1H3,(H,41,42)(H,43,44)/t25-,28-,29+,32?/m1/s1. The molecule has 2 aliphatic heterocycles. The zero-order valence-electron chi connectivity index (χ0n) is 27.9. The molecule has 5 rings (SSSR count). The maximum atomic E-state index is 13.2. The van der Waals surface area contributed by atoms with Gasteiger partial charge in [0.2, 0.25) is 23.3 Å². The van der Waals surface area contributed by atoms with Gasteiger partial charge in [-0.3, -0.25) is 9.36 Å². The zero-order chi connectivity index (χ0) is 35.2. The molecule has 5 atom stereocenters. The fourth-order valence-electron chi connectivity index (χ4n) is 7.19. The highest BCUT2D eigenvalue weighted by molar-refractivity contribution is 7.97. The van der Waals surface area contributed by atoms with E-state index in [2.05, 4.69) is 21.7 Å². The van der Waals surface area contributed by atoms with Crippen molar-refractivity contribution >= 4 is 58.5 Å². The van der Waals surface area contributed by atoms with Crippen LogP contribution in [0.3, 0.4) is 0 Å². The second-order valence-electron chi connectivity index (χ2n) is 13.5. The van der Waals surface area contributed by atoms with Crippen LogP contribution < -0.4 is 14.8 Å². The fraction of sp³-hybridized carbons (Fsp3) is 0.588. The summed E-state index contributed by atoms with van der Waals surface area (Å²) in [6.07, 6.45) is 9.52. The number of hydrogen-bond acceptors (Lipinski definition) is 8. The van der Waals surface area contributed by atoms with E-state index in [1.165, 1.54) is 16.8 Å². The third-order valence-electron chi connectivity index (χ3n) is 9.82. The lowest BCUT2D eigenvalue weighted by Crippen LogP contribution is -2.47. The SMILES string of the molecule is CCCCC1NSc2cc(S(=O)(=O)NCc3ccc(CCCCCP(=O)(O)CC(=O)N4[C@@H]5CCCC[C@@H]5C[C@H]4C(=O)O)cc3)c(Cl)cc2N1. The first kappa shape index (κ1) is 38.1. The summed E-state index contributed by atoms with van der Waals surface area (Å²) in [4.78, 5) is 37.7. The highest BCUT2D eigenvalue weighted by Crippen LogP contribution is 2.45. The van der Waals surface area contributed by atoms with Crippen molar-refractivity contribution in [2.45, 2.75) is 119 Å². The van der Waals surface area contributed by atoms with Crippen molar-refractivity contribution in [1.29, 1.82) is 0 Å². The number of rotatable bonds is 16. The number of carbonyl (C=O) groups is 2. The van der Waals surface area contributed by atoms with E-state index in [0.29, 0.717) is 19.3 Å². The number of fused-ring (bicyclic) bond motifs is 2. The van der Waals surface area contributed by atoms with Gasteiger partial charge >= 0.3 is 5.97 Å². The largest absolute Gasteiger partial charge is 0.480 e. The van der Waals surface area contributed by atoms with Gasteiger partial charge in [-0.15, -0.1) is 0 Å². The molecule has 2 aromatic carbocycles. The van der Waals surface area contributed by atoms with E-state index >= 15 is 0 Å². The number of unbranched alkanes of at least 4 members (excludes halogenated alkanes) is 3. The minimum atomic E-state index is -3.86. The van der Waals surface area contributed by atoms with Crippen LogP contribution in [0.5, 0.6) is 0 Å². The number of benzene rings is 2. The summed E-state index contributed by atoms with van der Waals surface area (Å²) in [5, 5.41) is 13.2. The average molecular weight is 755 g/mol. The molecular weight excluding hydrogens is 707 g/mol. The number of sulfonamides is 1. The van der Waals surface area contributed by atoms with Gasteiger partial charge in [-0.05, 0) is 86.1 Å². The number of halogens is 1. The van der Waals surface area contributed by atoms with Crippen molar-refractivity contribution in [3.8, 4) is 0 Å². The maximum Gasteiger partial charge on any atom is 0.326 e. The summed E-state index contributed by atoms with van der Waals surface area (Å²) in [5.74, 6) is -1.39. The predicted octanol–water partition coefficient (Wildman–Crippen LogP) is 6.58. The van der Waals surface area contributed by atoms with Crippen LogP contribution in [-0.4, -0.2) is 65.8 Å².